The molecule has 0 bridgehead atoms. The Morgan fingerprint density at radius 2 is 1.94 bits per heavy atom. The van der Waals surface area contributed by atoms with Gasteiger partial charge in [0.2, 0.25) is 5.96 Å². The Balaban J connectivity index is 3.46. The molecule has 7 nitrogen and oxygen atoms in total. The van der Waals surface area contributed by atoms with Crippen molar-refractivity contribution in [3.63, 3.8) is 0 Å². The zero-order chi connectivity index (χ0) is 13.2. The maximum absolute atomic E-state index is 13.3. The first-order valence-electron chi connectivity index (χ1n) is 4.13. The summed E-state index contributed by atoms with van der Waals surface area (Å²) in [6.07, 6.45) is 0. The lowest BCUT2D eigenvalue weighted by Gasteiger charge is -2.02. The summed E-state index contributed by atoms with van der Waals surface area (Å²) in [6, 6.07) is 2.27. The van der Waals surface area contributed by atoms with Crippen LogP contribution in [-0.2, 0) is 10.0 Å². The van der Waals surface area contributed by atoms with Gasteiger partial charge in [0.25, 0.3) is 10.0 Å². The standard InChI is InChI=1S/C8H8FN3O4S/c9-5-2-1-4(7(13)14)3-6(5)17(15,16)12-8(10)11/h1-3H,(H,13,14)(H4,10,11,12). The van der Waals surface area contributed by atoms with Crippen LogP contribution in [0.3, 0.4) is 0 Å². The third-order valence-corrected chi connectivity index (χ3v) is 3.00. The Hall–Kier alpha value is -2.16. The van der Waals surface area contributed by atoms with E-state index >= 15 is 0 Å². The van der Waals surface area contributed by atoms with Gasteiger partial charge in [-0.1, -0.05) is 0 Å². The number of halogens is 1. The zero-order valence-electron chi connectivity index (χ0n) is 8.29. The van der Waals surface area contributed by atoms with Crippen LogP contribution in [-0.4, -0.2) is 25.5 Å². The van der Waals surface area contributed by atoms with Gasteiger partial charge in [0.1, 0.15) is 10.7 Å². The molecule has 0 aliphatic carbocycles. The number of guanidine groups is 1. The van der Waals surface area contributed by atoms with E-state index in [9.17, 15) is 17.6 Å². The SMILES string of the molecule is NC(N)=NS(=O)(=O)c1cc(C(=O)O)ccc1F. The predicted molar refractivity (Wildman–Crippen MR) is 56.4 cm³/mol. The molecular weight excluding hydrogens is 253 g/mol. The first kappa shape index (κ1) is 12.9. The lowest BCUT2D eigenvalue weighted by molar-refractivity contribution is 0.0696. The number of nitrogens with zero attached hydrogens (tertiary/aromatic N) is 1. The maximum atomic E-state index is 13.3. The van der Waals surface area contributed by atoms with Crippen molar-refractivity contribution in [2.45, 2.75) is 4.90 Å². The number of carboxylic acid groups (broad SMARTS) is 1. The molecular formula is C8H8FN3O4S. The molecule has 0 heterocycles. The summed E-state index contributed by atoms with van der Waals surface area (Å²) >= 11 is 0. The van der Waals surface area contributed by atoms with Gasteiger partial charge in [-0.05, 0) is 18.2 Å². The van der Waals surface area contributed by atoms with Crippen LogP contribution in [0, 0.1) is 5.82 Å². The summed E-state index contributed by atoms with van der Waals surface area (Å²) in [5, 5.41) is 8.65. The molecule has 1 rings (SSSR count). The summed E-state index contributed by atoms with van der Waals surface area (Å²) in [5.41, 5.74) is 9.35. The molecule has 0 radical (unpaired) electrons. The van der Waals surface area contributed by atoms with E-state index in [0.717, 1.165) is 6.07 Å². The van der Waals surface area contributed by atoms with Crippen molar-refractivity contribution in [1.29, 1.82) is 0 Å². The highest BCUT2D eigenvalue weighted by molar-refractivity contribution is 7.90. The van der Waals surface area contributed by atoms with Gasteiger partial charge in [-0.3, -0.25) is 0 Å². The second-order valence-electron chi connectivity index (χ2n) is 2.94. The molecule has 0 aromatic heterocycles. The predicted octanol–water partition coefficient (Wildman–Crippen LogP) is -0.514. The van der Waals surface area contributed by atoms with Crippen molar-refractivity contribution in [2.24, 2.45) is 15.9 Å². The van der Waals surface area contributed by atoms with E-state index in [1.54, 1.807) is 0 Å². The van der Waals surface area contributed by atoms with Gasteiger partial charge in [-0.25, -0.2) is 9.18 Å². The van der Waals surface area contributed by atoms with E-state index in [1.807, 2.05) is 0 Å². The molecule has 0 atom stereocenters. The van der Waals surface area contributed by atoms with Crippen molar-refractivity contribution >= 4 is 22.0 Å². The molecule has 1 aromatic rings. The molecule has 5 N–H and O–H groups in total. The van der Waals surface area contributed by atoms with Gasteiger partial charge in [-0.15, -0.1) is 4.40 Å². The minimum atomic E-state index is -4.45. The molecule has 0 aliphatic heterocycles. The highest BCUT2D eigenvalue weighted by atomic mass is 32.2. The fraction of sp³-hybridized carbons (Fsp3) is 0. The maximum Gasteiger partial charge on any atom is 0.335 e. The Kier molecular flexibility index (Phi) is 3.32. The Bertz CT molecular complexity index is 593. The second kappa shape index (κ2) is 4.37. The number of nitrogens with two attached hydrogens (primary N) is 2. The van der Waals surface area contributed by atoms with E-state index in [0.29, 0.717) is 12.1 Å². The molecule has 0 fully saturated rings. The number of carbonyl (C=O) groups is 1. The molecule has 0 aliphatic rings. The minimum absolute atomic E-state index is 0.393. The van der Waals surface area contributed by atoms with Gasteiger partial charge in [-0.2, -0.15) is 8.42 Å². The Morgan fingerprint density at radius 1 is 1.35 bits per heavy atom. The third kappa shape index (κ3) is 2.91. The molecule has 0 amide bonds. The Morgan fingerprint density at radius 3 is 2.41 bits per heavy atom. The molecule has 0 spiro atoms. The van der Waals surface area contributed by atoms with E-state index in [-0.39, 0.29) is 0 Å². The number of sulfonamides is 1. The summed E-state index contributed by atoms with van der Waals surface area (Å²) in [4.78, 5) is 9.71. The van der Waals surface area contributed by atoms with E-state index < -0.39 is 38.2 Å². The highest BCUT2D eigenvalue weighted by Gasteiger charge is 2.20. The lowest BCUT2D eigenvalue weighted by Crippen LogP contribution is -2.24. The van der Waals surface area contributed by atoms with E-state index in [2.05, 4.69) is 4.40 Å². The molecule has 0 saturated carbocycles. The average molecular weight is 261 g/mol. The average Bonchev–Trinajstić information content (AvgIpc) is 2.15. The normalized spacial score (nSPS) is 10.9. The molecule has 0 saturated heterocycles. The number of benzene rings is 1. The van der Waals surface area contributed by atoms with Gasteiger partial charge < -0.3 is 16.6 Å². The topological polar surface area (TPSA) is 136 Å². The molecule has 1 aromatic carbocycles. The van der Waals surface area contributed by atoms with Crippen LogP contribution in [0.4, 0.5) is 4.39 Å². The van der Waals surface area contributed by atoms with Gasteiger partial charge in [0.05, 0.1) is 5.56 Å². The summed E-state index contributed by atoms with van der Waals surface area (Å²) < 4.78 is 39.0. The number of hydrogen-bond acceptors (Lipinski definition) is 3. The van der Waals surface area contributed by atoms with Crippen LogP contribution >= 0.6 is 0 Å². The largest absolute Gasteiger partial charge is 0.478 e. The van der Waals surface area contributed by atoms with Crippen LogP contribution in [0.25, 0.3) is 0 Å². The lowest BCUT2D eigenvalue weighted by atomic mass is 10.2. The first-order chi connectivity index (χ1) is 7.74. The van der Waals surface area contributed by atoms with Gasteiger partial charge in [0.15, 0.2) is 0 Å². The van der Waals surface area contributed by atoms with Crippen molar-refractivity contribution < 1.29 is 22.7 Å². The second-order valence-corrected chi connectivity index (χ2v) is 4.51. The fourth-order valence-corrected chi connectivity index (χ4v) is 1.99. The summed E-state index contributed by atoms with van der Waals surface area (Å²) in [6.45, 7) is 0. The van der Waals surface area contributed by atoms with Gasteiger partial charge in [0, 0.05) is 0 Å². The first-order valence-corrected chi connectivity index (χ1v) is 5.57. The summed E-state index contributed by atoms with van der Waals surface area (Å²) in [7, 11) is -4.45. The molecule has 0 unspecified atom stereocenters. The van der Waals surface area contributed by atoms with Crippen LogP contribution in [0.5, 0.6) is 0 Å². The van der Waals surface area contributed by atoms with Crippen LogP contribution < -0.4 is 11.5 Å². The number of carboxylic acids is 1. The molecule has 9 heteroatoms. The van der Waals surface area contributed by atoms with Crippen LogP contribution in [0.1, 0.15) is 10.4 Å². The Labute approximate surface area is 95.6 Å². The number of rotatable bonds is 3. The zero-order valence-corrected chi connectivity index (χ0v) is 9.11. The fourth-order valence-electron chi connectivity index (χ4n) is 1.02. The van der Waals surface area contributed by atoms with Crippen LogP contribution in [0.15, 0.2) is 27.5 Å². The number of aromatic carboxylic acids is 1. The molecule has 92 valence electrons. The summed E-state index contributed by atoms with van der Waals surface area (Å²) in [5.74, 6) is -3.31. The van der Waals surface area contributed by atoms with Gasteiger partial charge >= 0.3 is 5.97 Å². The van der Waals surface area contributed by atoms with Crippen molar-refractivity contribution in [2.75, 3.05) is 0 Å². The monoisotopic (exact) mass is 261 g/mol. The van der Waals surface area contributed by atoms with E-state index in [4.69, 9.17) is 16.6 Å². The third-order valence-electron chi connectivity index (χ3n) is 1.68. The smallest absolute Gasteiger partial charge is 0.335 e. The minimum Gasteiger partial charge on any atom is -0.478 e. The van der Waals surface area contributed by atoms with E-state index in [1.165, 1.54) is 0 Å². The highest BCUT2D eigenvalue weighted by Crippen LogP contribution is 2.18. The van der Waals surface area contributed by atoms with Crippen molar-refractivity contribution in [3.8, 4) is 0 Å². The number of hydrogen-bond donors (Lipinski definition) is 3. The molecule has 17 heavy (non-hydrogen) atoms. The van der Waals surface area contributed by atoms with Crippen molar-refractivity contribution in [1.82, 2.24) is 0 Å². The van der Waals surface area contributed by atoms with Crippen LogP contribution in [0.2, 0.25) is 0 Å². The van der Waals surface area contributed by atoms with Crippen molar-refractivity contribution in [3.05, 3.63) is 29.6 Å². The quantitative estimate of drug-likeness (QED) is 0.495.